The second-order valence-electron chi connectivity index (χ2n) is 9.38. The zero-order valence-corrected chi connectivity index (χ0v) is 24.9. The number of nitrogens with zero attached hydrogens (tertiary/aromatic N) is 4. The molecule has 0 aliphatic rings. The number of methoxy groups -OCH3 is 1. The maximum atomic E-state index is 13.8. The highest BCUT2D eigenvalue weighted by molar-refractivity contribution is 7.89. The fourth-order valence-corrected chi connectivity index (χ4v) is 6.51. The molecule has 1 amide bonds. The lowest BCUT2D eigenvalue weighted by Gasteiger charge is -2.22. The van der Waals surface area contributed by atoms with Gasteiger partial charge in [-0.25, -0.2) is 17.8 Å². The summed E-state index contributed by atoms with van der Waals surface area (Å²) in [6.45, 7) is 4.95. The minimum atomic E-state index is -3.71. The third-order valence-electron chi connectivity index (χ3n) is 6.41. The number of unbranched alkanes of at least 4 members (excludes halogenated alkanes) is 2. The van der Waals surface area contributed by atoms with Gasteiger partial charge in [0.15, 0.2) is 0 Å². The summed E-state index contributed by atoms with van der Waals surface area (Å²) in [6, 6.07) is 17.2. The van der Waals surface area contributed by atoms with Crippen molar-refractivity contribution < 1.29 is 22.3 Å². The molecule has 0 aliphatic heterocycles. The number of amides is 1. The standard InChI is InChI=1S/C30H33FN4O4S2/c1-4-6-18-34(19-7-5-2)41(37,38)26-15-10-23(11-16-26)29(36)35(32-21-22-8-13-25(39-3)14-9-22)30-33-27-17-12-24(31)20-28(27)40-30/h8-17,20-21H,4-7,18-19H2,1-3H3/b32-21+. The molecule has 3 aromatic carbocycles. The zero-order chi connectivity index (χ0) is 29.4. The SMILES string of the molecule is CCCCN(CCCC)S(=O)(=O)c1ccc(C(=O)N(/N=C/c2ccc(OC)cc2)c2nc3ccc(F)cc3s2)cc1. The molecular weight excluding hydrogens is 563 g/mol. The van der Waals surface area contributed by atoms with E-state index in [0.717, 1.165) is 47.6 Å². The predicted octanol–water partition coefficient (Wildman–Crippen LogP) is 6.72. The Kier molecular flexibility index (Phi) is 10.2. The molecule has 0 atom stereocenters. The van der Waals surface area contributed by atoms with Gasteiger partial charge in [0.2, 0.25) is 15.2 Å². The summed E-state index contributed by atoms with van der Waals surface area (Å²) >= 11 is 1.13. The van der Waals surface area contributed by atoms with Gasteiger partial charge in [-0.1, -0.05) is 38.0 Å². The van der Waals surface area contributed by atoms with E-state index < -0.39 is 21.7 Å². The summed E-state index contributed by atoms with van der Waals surface area (Å²) in [6.07, 6.45) is 4.83. The van der Waals surface area contributed by atoms with Gasteiger partial charge in [-0.15, -0.1) is 0 Å². The van der Waals surface area contributed by atoms with Gasteiger partial charge in [-0.3, -0.25) is 4.79 Å². The van der Waals surface area contributed by atoms with Crippen molar-refractivity contribution in [3.63, 3.8) is 0 Å². The molecule has 1 aromatic heterocycles. The topological polar surface area (TPSA) is 92.2 Å². The van der Waals surface area contributed by atoms with Crippen LogP contribution >= 0.6 is 11.3 Å². The Morgan fingerprint density at radius 1 is 1.00 bits per heavy atom. The molecule has 0 saturated heterocycles. The fourth-order valence-electron chi connectivity index (χ4n) is 4.04. The first-order valence-electron chi connectivity index (χ1n) is 13.5. The molecule has 0 radical (unpaired) electrons. The molecule has 4 aromatic rings. The van der Waals surface area contributed by atoms with Crippen LogP contribution in [0.4, 0.5) is 9.52 Å². The molecule has 0 unspecified atom stereocenters. The number of sulfonamides is 1. The highest BCUT2D eigenvalue weighted by Gasteiger charge is 2.25. The number of hydrogen-bond acceptors (Lipinski definition) is 7. The summed E-state index contributed by atoms with van der Waals surface area (Å²) in [5.74, 6) is -0.232. The number of rotatable bonds is 13. The van der Waals surface area contributed by atoms with Crippen LogP contribution in [0.25, 0.3) is 10.2 Å². The number of hydrazone groups is 1. The van der Waals surface area contributed by atoms with Crippen molar-refractivity contribution in [3.8, 4) is 5.75 Å². The number of carbonyl (C=O) groups is 1. The van der Waals surface area contributed by atoms with Crippen LogP contribution in [0.2, 0.25) is 0 Å². The Morgan fingerprint density at radius 3 is 2.27 bits per heavy atom. The lowest BCUT2D eigenvalue weighted by Crippen LogP contribution is -2.33. The van der Waals surface area contributed by atoms with Crippen molar-refractivity contribution in [1.29, 1.82) is 0 Å². The highest BCUT2D eigenvalue weighted by atomic mass is 32.2. The van der Waals surface area contributed by atoms with Crippen LogP contribution in [0, 0.1) is 5.82 Å². The van der Waals surface area contributed by atoms with Gasteiger partial charge < -0.3 is 4.74 Å². The first kappa shape index (κ1) is 30.3. The Balaban J connectivity index is 1.66. The smallest absolute Gasteiger partial charge is 0.280 e. The van der Waals surface area contributed by atoms with Crippen molar-refractivity contribution >= 4 is 48.8 Å². The normalized spacial score (nSPS) is 11.9. The Labute approximate surface area is 244 Å². The van der Waals surface area contributed by atoms with Crippen LogP contribution in [-0.4, -0.2) is 50.0 Å². The van der Waals surface area contributed by atoms with E-state index in [2.05, 4.69) is 10.1 Å². The van der Waals surface area contributed by atoms with Crippen LogP contribution in [0.3, 0.4) is 0 Å². The van der Waals surface area contributed by atoms with E-state index in [1.54, 1.807) is 37.4 Å². The number of benzene rings is 3. The lowest BCUT2D eigenvalue weighted by atomic mass is 10.2. The van der Waals surface area contributed by atoms with E-state index in [1.807, 2.05) is 13.8 Å². The molecule has 0 N–H and O–H groups in total. The van der Waals surface area contributed by atoms with Crippen molar-refractivity contribution in [2.75, 3.05) is 25.2 Å². The van der Waals surface area contributed by atoms with Crippen molar-refractivity contribution in [3.05, 3.63) is 83.7 Å². The van der Waals surface area contributed by atoms with Crippen LogP contribution in [0.5, 0.6) is 5.75 Å². The second kappa shape index (κ2) is 13.8. The number of halogens is 1. The van der Waals surface area contributed by atoms with E-state index in [0.29, 0.717) is 29.1 Å². The molecule has 216 valence electrons. The molecule has 4 rings (SSSR count). The number of hydrogen-bond donors (Lipinski definition) is 0. The van der Waals surface area contributed by atoms with Crippen molar-refractivity contribution in [1.82, 2.24) is 9.29 Å². The molecule has 0 spiro atoms. The van der Waals surface area contributed by atoms with Gasteiger partial charge in [0.1, 0.15) is 11.6 Å². The Bertz CT molecular complexity index is 1600. The van der Waals surface area contributed by atoms with Gasteiger partial charge in [0.25, 0.3) is 5.91 Å². The molecule has 11 heteroatoms. The number of thiazole rings is 1. The molecule has 0 bridgehead atoms. The van der Waals surface area contributed by atoms with Crippen LogP contribution in [0.15, 0.2) is 76.7 Å². The maximum Gasteiger partial charge on any atom is 0.280 e. The third kappa shape index (κ3) is 7.35. The summed E-state index contributed by atoms with van der Waals surface area (Å²) < 4.78 is 47.9. The van der Waals surface area contributed by atoms with Gasteiger partial charge in [0, 0.05) is 18.7 Å². The van der Waals surface area contributed by atoms with Crippen molar-refractivity contribution in [2.45, 2.75) is 44.4 Å². The molecular formula is C30H33FN4O4S2. The van der Waals surface area contributed by atoms with E-state index in [-0.39, 0.29) is 15.6 Å². The van der Waals surface area contributed by atoms with E-state index in [4.69, 9.17) is 4.74 Å². The minimum absolute atomic E-state index is 0.130. The average molecular weight is 597 g/mol. The van der Waals surface area contributed by atoms with Crippen LogP contribution < -0.4 is 9.75 Å². The maximum absolute atomic E-state index is 13.8. The third-order valence-corrected chi connectivity index (χ3v) is 9.32. The first-order chi connectivity index (χ1) is 19.8. The number of anilines is 1. The largest absolute Gasteiger partial charge is 0.497 e. The quantitative estimate of drug-likeness (QED) is 0.126. The Hall–Kier alpha value is -3.67. The molecule has 1 heterocycles. The van der Waals surface area contributed by atoms with Gasteiger partial charge >= 0.3 is 0 Å². The molecule has 8 nitrogen and oxygen atoms in total. The van der Waals surface area contributed by atoms with Gasteiger partial charge in [0.05, 0.1) is 28.4 Å². The minimum Gasteiger partial charge on any atom is -0.497 e. The monoisotopic (exact) mass is 596 g/mol. The zero-order valence-electron chi connectivity index (χ0n) is 23.3. The summed E-state index contributed by atoms with van der Waals surface area (Å²) in [7, 11) is -2.14. The molecule has 0 saturated carbocycles. The van der Waals surface area contributed by atoms with E-state index in [1.165, 1.54) is 46.9 Å². The van der Waals surface area contributed by atoms with Crippen molar-refractivity contribution in [2.24, 2.45) is 5.10 Å². The molecule has 0 aliphatic carbocycles. The highest BCUT2D eigenvalue weighted by Crippen LogP contribution is 2.31. The summed E-state index contributed by atoms with van der Waals surface area (Å²) in [5.41, 5.74) is 1.48. The number of carbonyl (C=O) groups excluding carboxylic acids is 1. The summed E-state index contributed by atoms with van der Waals surface area (Å²) in [4.78, 5) is 18.3. The van der Waals surface area contributed by atoms with Gasteiger partial charge in [-0.2, -0.15) is 14.4 Å². The first-order valence-corrected chi connectivity index (χ1v) is 15.7. The number of aromatic nitrogens is 1. The van der Waals surface area contributed by atoms with Crippen LogP contribution in [-0.2, 0) is 10.0 Å². The van der Waals surface area contributed by atoms with E-state index in [9.17, 15) is 17.6 Å². The fraction of sp³-hybridized carbons (Fsp3) is 0.300. The average Bonchev–Trinajstić information content (AvgIpc) is 3.40. The molecule has 41 heavy (non-hydrogen) atoms. The van der Waals surface area contributed by atoms with Gasteiger partial charge in [-0.05, 0) is 85.1 Å². The second-order valence-corrected chi connectivity index (χ2v) is 12.3. The number of fused-ring (bicyclic) bond motifs is 1. The van der Waals surface area contributed by atoms with E-state index >= 15 is 0 Å². The molecule has 0 fully saturated rings. The number of ether oxygens (including phenoxy) is 1. The Morgan fingerprint density at radius 2 is 1.66 bits per heavy atom. The predicted molar refractivity (Wildman–Crippen MR) is 162 cm³/mol. The van der Waals surface area contributed by atoms with Crippen LogP contribution in [0.1, 0.15) is 55.5 Å². The summed E-state index contributed by atoms with van der Waals surface area (Å²) in [5, 5.41) is 5.82. The lowest BCUT2D eigenvalue weighted by molar-refractivity contribution is 0.0987.